The molecule has 0 fully saturated rings. The van der Waals surface area contributed by atoms with E-state index in [1.54, 1.807) is 19.4 Å². The maximum atomic E-state index is 14.2. The fraction of sp³-hybridized carbons (Fsp3) is 0.227. The van der Waals surface area contributed by atoms with E-state index in [1.807, 2.05) is 28.8 Å². The molecule has 0 amide bonds. The molecule has 0 aliphatic heterocycles. The summed E-state index contributed by atoms with van der Waals surface area (Å²) in [4.78, 5) is 4.59. The number of nitrogens with zero attached hydrogens (tertiary/aromatic N) is 2. The molecular weight excluding hydrogens is 363 g/mol. The molecule has 0 bridgehead atoms. The minimum atomic E-state index is -0.435. The van der Waals surface area contributed by atoms with Crippen LogP contribution in [0.25, 0.3) is 27.6 Å². The van der Waals surface area contributed by atoms with Gasteiger partial charge in [0.25, 0.3) is 0 Å². The molecule has 4 rings (SSSR count). The highest BCUT2D eigenvalue weighted by atomic mass is 35.5. The Bertz CT molecular complexity index is 1170. The summed E-state index contributed by atoms with van der Waals surface area (Å²) >= 11 is 6.34. The third kappa shape index (κ3) is 2.85. The zero-order chi connectivity index (χ0) is 19.3. The Labute approximate surface area is 162 Å². The van der Waals surface area contributed by atoms with E-state index in [0.29, 0.717) is 5.39 Å². The van der Waals surface area contributed by atoms with Gasteiger partial charge in [0.05, 0.1) is 23.2 Å². The van der Waals surface area contributed by atoms with Crippen LogP contribution in [0, 0.1) is 5.82 Å². The van der Waals surface area contributed by atoms with Crippen molar-refractivity contribution in [1.29, 1.82) is 0 Å². The van der Waals surface area contributed by atoms with Gasteiger partial charge in [-0.25, -0.2) is 9.37 Å². The van der Waals surface area contributed by atoms with Gasteiger partial charge in [0.15, 0.2) is 0 Å². The van der Waals surface area contributed by atoms with E-state index in [9.17, 15) is 4.39 Å². The summed E-state index contributed by atoms with van der Waals surface area (Å²) in [6, 6.07) is 12.9. The second-order valence-corrected chi connectivity index (χ2v) is 8.00. The highest BCUT2D eigenvalue weighted by molar-refractivity contribution is 6.38. The molecule has 0 unspecified atom stereocenters. The first-order valence-electron chi connectivity index (χ1n) is 8.74. The lowest BCUT2D eigenvalue weighted by Gasteiger charge is -2.20. The quantitative estimate of drug-likeness (QED) is 0.408. The van der Waals surface area contributed by atoms with E-state index < -0.39 is 5.82 Å². The number of pyridine rings is 1. The number of halogens is 2. The van der Waals surface area contributed by atoms with Gasteiger partial charge >= 0.3 is 0 Å². The van der Waals surface area contributed by atoms with Crippen LogP contribution in [-0.4, -0.2) is 16.7 Å². The number of methoxy groups -OCH3 is 1. The molecule has 0 radical (unpaired) electrons. The van der Waals surface area contributed by atoms with Crippen LogP contribution in [0.15, 0.2) is 48.7 Å². The fourth-order valence-corrected chi connectivity index (χ4v) is 3.66. The lowest BCUT2D eigenvalue weighted by molar-refractivity contribution is 0.415. The first kappa shape index (κ1) is 17.8. The predicted octanol–water partition coefficient (Wildman–Crippen LogP) is 6.28. The number of rotatable bonds is 2. The SMILES string of the molecule is COc1ccc2c3c(Cl)c(F)ccc3n(-c3cc(C(C)(C)C)ccn3)c2c1. The Morgan fingerprint density at radius 3 is 2.52 bits per heavy atom. The minimum Gasteiger partial charge on any atom is -0.497 e. The molecule has 27 heavy (non-hydrogen) atoms. The van der Waals surface area contributed by atoms with Crippen molar-refractivity contribution in [2.45, 2.75) is 26.2 Å². The smallest absolute Gasteiger partial charge is 0.142 e. The molecule has 0 aliphatic rings. The van der Waals surface area contributed by atoms with Crippen molar-refractivity contribution in [3.63, 3.8) is 0 Å². The number of aromatic nitrogens is 2. The number of fused-ring (bicyclic) bond motifs is 3. The van der Waals surface area contributed by atoms with Gasteiger partial charge in [-0.2, -0.15) is 0 Å². The molecule has 2 aromatic heterocycles. The van der Waals surface area contributed by atoms with Gasteiger partial charge in [-0.15, -0.1) is 0 Å². The first-order valence-corrected chi connectivity index (χ1v) is 9.12. The van der Waals surface area contributed by atoms with Crippen molar-refractivity contribution in [1.82, 2.24) is 9.55 Å². The summed E-state index contributed by atoms with van der Waals surface area (Å²) in [5.41, 5.74) is 2.83. The Morgan fingerprint density at radius 2 is 1.81 bits per heavy atom. The van der Waals surface area contributed by atoms with Gasteiger partial charge in [-0.1, -0.05) is 32.4 Å². The summed E-state index contributed by atoms with van der Waals surface area (Å²) in [5.74, 6) is 1.05. The van der Waals surface area contributed by atoms with Crippen molar-refractivity contribution >= 4 is 33.4 Å². The molecule has 3 nitrogen and oxygen atoms in total. The molecule has 0 N–H and O–H groups in total. The molecule has 138 valence electrons. The third-order valence-corrected chi connectivity index (χ3v) is 5.24. The molecule has 0 saturated carbocycles. The summed E-state index contributed by atoms with van der Waals surface area (Å²) in [6.45, 7) is 6.48. The molecule has 5 heteroatoms. The monoisotopic (exact) mass is 382 g/mol. The Morgan fingerprint density at radius 1 is 1.04 bits per heavy atom. The first-order chi connectivity index (χ1) is 12.8. The average molecular weight is 383 g/mol. The predicted molar refractivity (Wildman–Crippen MR) is 109 cm³/mol. The second kappa shape index (κ2) is 6.24. The average Bonchev–Trinajstić information content (AvgIpc) is 2.98. The van der Waals surface area contributed by atoms with Crippen molar-refractivity contribution in [3.8, 4) is 11.6 Å². The van der Waals surface area contributed by atoms with Gasteiger partial charge in [-0.05, 0) is 47.4 Å². The topological polar surface area (TPSA) is 27.1 Å². The molecule has 4 aromatic rings. The van der Waals surface area contributed by atoms with Crippen molar-refractivity contribution in [2.24, 2.45) is 0 Å². The molecule has 0 aliphatic carbocycles. The zero-order valence-corrected chi connectivity index (χ0v) is 16.4. The Balaban J connectivity index is 2.14. The summed E-state index contributed by atoms with van der Waals surface area (Å²) in [7, 11) is 1.62. The highest BCUT2D eigenvalue weighted by Crippen LogP contribution is 2.39. The van der Waals surface area contributed by atoms with Gasteiger partial charge in [0, 0.05) is 23.0 Å². The van der Waals surface area contributed by atoms with Crippen molar-refractivity contribution in [3.05, 3.63) is 65.1 Å². The van der Waals surface area contributed by atoms with Crippen LogP contribution < -0.4 is 4.74 Å². The van der Waals surface area contributed by atoms with Crippen LogP contribution in [0.5, 0.6) is 5.75 Å². The highest BCUT2D eigenvalue weighted by Gasteiger charge is 2.20. The van der Waals surface area contributed by atoms with Gasteiger partial charge in [0.2, 0.25) is 0 Å². The number of hydrogen-bond donors (Lipinski definition) is 0. The molecule has 0 spiro atoms. The maximum Gasteiger partial charge on any atom is 0.142 e. The molecular formula is C22H20ClFN2O. The summed E-state index contributed by atoms with van der Waals surface area (Å²) in [6.07, 6.45) is 1.80. The van der Waals surface area contributed by atoms with Crippen LogP contribution >= 0.6 is 11.6 Å². The van der Waals surface area contributed by atoms with Gasteiger partial charge in [-0.3, -0.25) is 4.57 Å². The number of benzene rings is 2. The van der Waals surface area contributed by atoms with E-state index in [-0.39, 0.29) is 10.4 Å². The molecule has 2 aromatic carbocycles. The van der Waals surface area contributed by atoms with Crippen molar-refractivity contribution < 1.29 is 9.13 Å². The van der Waals surface area contributed by atoms with Crippen LogP contribution in [0.3, 0.4) is 0 Å². The normalized spacial score (nSPS) is 12.1. The van der Waals surface area contributed by atoms with Crippen LogP contribution in [0.4, 0.5) is 4.39 Å². The van der Waals surface area contributed by atoms with Crippen LogP contribution in [-0.2, 0) is 5.41 Å². The van der Waals surface area contributed by atoms with Gasteiger partial charge in [0.1, 0.15) is 17.4 Å². The van der Waals surface area contributed by atoms with Crippen LogP contribution in [0.2, 0.25) is 5.02 Å². The Kier molecular flexibility index (Phi) is 4.11. The van der Waals surface area contributed by atoms with Crippen molar-refractivity contribution in [2.75, 3.05) is 7.11 Å². The zero-order valence-electron chi connectivity index (χ0n) is 15.7. The summed E-state index contributed by atoms with van der Waals surface area (Å²) < 4.78 is 21.6. The van der Waals surface area contributed by atoms with E-state index >= 15 is 0 Å². The molecule has 0 atom stereocenters. The number of ether oxygens (including phenoxy) is 1. The fourth-order valence-electron chi connectivity index (χ4n) is 3.40. The summed E-state index contributed by atoms with van der Waals surface area (Å²) in [5, 5.41) is 1.66. The molecule has 2 heterocycles. The maximum absolute atomic E-state index is 14.2. The van der Waals surface area contributed by atoms with E-state index in [4.69, 9.17) is 16.3 Å². The lowest BCUT2D eigenvalue weighted by atomic mass is 9.88. The van der Waals surface area contributed by atoms with Crippen LogP contribution in [0.1, 0.15) is 26.3 Å². The minimum absolute atomic E-state index is 0.0160. The third-order valence-electron chi connectivity index (χ3n) is 4.87. The second-order valence-electron chi connectivity index (χ2n) is 7.63. The largest absolute Gasteiger partial charge is 0.497 e. The molecule has 0 saturated heterocycles. The lowest BCUT2D eigenvalue weighted by Crippen LogP contribution is -2.12. The van der Waals surface area contributed by atoms with E-state index in [1.165, 1.54) is 11.6 Å². The Hall–Kier alpha value is -2.59. The van der Waals surface area contributed by atoms with E-state index in [0.717, 1.165) is 28.0 Å². The van der Waals surface area contributed by atoms with E-state index in [2.05, 4.69) is 31.8 Å². The standard InChI is InChI=1S/C22H20ClFN2O/c1-22(2,3)13-9-10-25-19(11-13)26-17-8-7-16(24)21(23)20(17)15-6-5-14(27-4)12-18(15)26/h5-12H,1-4H3. The van der Waals surface area contributed by atoms with Gasteiger partial charge < -0.3 is 4.74 Å². The number of hydrogen-bond acceptors (Lipinski definition) is 2.